The van der Waals surface area contributed by atoms with Crippen molar-refractivity contribution in [3.05, 3.63) is 64.8 Å². The summed E-state index contributed by atoms with van der Waals surface area (Å²) in [7, 11) is 0. The summed E-state index contributed by atoms with van der Waals surface area (Å²) >= 11 is 6.42. The van der Waals surface area contributed by atoms with Crippen LogP contribution >= 0.6 is 11.6 Å². The minimum atomic E-state index is -1.41. The molecule has 2 aromatic heterocycles. The third-order valence-electron chi connectivity index (χ3n) is 8.64. The van der Waals surface area contributed by atoms with Crippen LogP contribution in [0.5, 0.6) is 0 Å². The van der Waals surface area contributed by atoms with Gasteiger partial charge in [-0.05, 0) is 56.4 Å². The van der Waals surface area contributed by atoms with E-state index in [1.807, 2.05) is 13.8 Å². The van der Waals surface area contributed by atoms with Gasteiger partial charge in [-0.1, -0.05) is 30.6 Å². The Hall–Kier alpha value is -5.25. The van der Waals surface area contributed by atoms with Gasteiger partial charge in [0.2, 0.25) is 17.7 Å². The summed E-state index contributed by atoms with van der Waals surface area (Å²) in [5.41, 5.74) is 0.677. The largest absolute Gasteiger partial charge is 0.480 e. The van der Waals surface area contributed by atoms with Crippen LogP contribution in [0.1, 0.15) is 84.9 Å². The molecule has 2 aliphatic heterocycles. The standard InChI is InChI=1S/C33H39ClN8O8/c1-18(2)27-16-25(40-50-27)30(45)37-19-14-26-31(46)39-24(33(48)49)9-10-28(43)35-11-4-3-6-23(32(47)41(26)17-19)38-29(44)21-15-20(7-8-22(21)34)42-13-5-12-36-42/h5,7-8,12-13,15-16,18-19,23-24,26H,3-4,6,9-11,14,17H2,1-2H3,(H,35,43)(H,37,45)(H,38,44)(H,39,46)(H,48,49)/t19-,23+,24+,26+/m1/s1. The molecule has 17 heteroatoms. The number of carbonyl (C=O) groups excluding carboxylic acids is 5. The quantitative estimate of drug-likeness (QED) is 0.239. The Kier molecular flexibility index (Phi) is 11.5. The summed E-state index contributed by atoms with van der Waals surface area (Å²) in [5, 5.41) is 28.7. The zero-order valence-electron chi connectivity index (χ0n) is 27.6. The number of carbonyl (C=O) groups is 6. The molecule has 0 saturated carbocycles. The molecule has 5 rings (SSSR count). The highest BCUT2D eigenvalue weighted by atomic mass is 35.5. The maximum Gasteiger partial charge on any atom is 0.326 e. The molecule has 4 atom stereocenters. The predicted molar refractivity (Wildman–Crippen MR) is 177 cm³/mol. The van der Waals surface area contributed by atoms with Gasteiger partial charge in [-0.3, -0.25) is 24.0 Å². The first-order valence-electron chi connectivity index (χ1n) is 16.4. The highest BCUT2D eigenvalue weighted by Gasteiger charge is 2.43. The average molecular weight is 711 g/mol. The normalized spacial score (nSPS) is 22.2. The highest BCUT2D eigenvalue weighted by Crippen LogP contribution is 2.24. The molecular weight excluding hydrogens is 672 g/mol. The summed E-state index contributed by atoms with van der Waals surface area (Å²) in [6, 6.07) is 3.51. The van der Waals surface area contributed by atoms with Gasteiger partial charge in [-0.25, -0.2) is 9.48 Å². The number of rotatable bonds is 7. The topological polar surface area (TPSA) is 218 Å². The SMILES string of the molecule is CC(C)c1cc(C(=O)N[C@@H]2C[C@H]3C(=O)N[C@H](C(=O)O)CCC(=O)NCCCC[C@H](NC(=O)c4cc(-n5cccn5)ccc4Cl)C(=O)N3C2)no1. The molecule has 266 valence electrons. The summed E-state index contributed by atoms with van der Waals surface area (Å²) in [5.74, 6) is -3.84. The second kappa shape index (κ2) is 16.0. The zero-order valence-corrected chi connectivity index (χ0v) is 28.3. The van der Waals surface area contributed by atoms with E-state index in [1.54, 1.807) is 35.3 Å². The van der Waals surface area contributed by atoms with Gasteiger partial charge in [0.05, 0.1) is 16.3 Å². The van der Waals surface area contributed by atoms with Crippen LogP contribution in [0.3, 0.4) is 0 Å². The smallest absolute Gasteiger partial charge is 0.326 e. The maximum atomic E-state index is 14.3. The maximum absolute atomic E-state index is 14.3. The van der Waals surface area contributed by atoms with Gasteiger partial charge in [-0.2, -0.15) is 5.10 Å². The van der Waals surface area contributed by atoms with Crippen LogP contribution in [0.15, 0.2) is 47.2 Å². The fraction of sp³-hybridized carbons (Fsp3) is 0.455. The van der Waals surface area contributed by atoms with Crippen molar-refractivity contribution in [2.45, 2.75) is 82.5 Å². The minimum Gasteiger partial charge on any atom is -0.480 e. The number of nitrogens with one attached hydrogen (secondary N) is 4. The van der Waals surface area contributed by atoms with Gasteiger partial charge < -0.3 is 35.8 Å². The van der Waals surface area contributed by atoms with Crippen molar-refractivity contribution in [3.63, 3.8) is 0 Å². The van der Waals surface area contributed by atoms with Gasteiger partial charge in [0, 0.05) is 49.9 Å². The lowest BCUT2D eigenvalue weighted by atomic mass is 10.1. The molecule has 0 aliphatic carbocycles. The van der Waals surface area contributed by atoms with Crippen LogP contribution in [-0.4, -0.2) is 97.7 Å². The number of nitrogens with zero attached hydrogens (tertiary/aromatic N) is 4. The van der Waals surface area contributed by atoms with E-state index in [4.69, 9.17) is 16.1 Å². The van der Waals surface area contributed by atoms with E-state index in [-0.39, 0.29) is 66.9 Å². The lowest BCUT2D eigenvalue weighted by Gasteiger charge is -2.29. The van der Waals surface area contributed by atoms with Crippen molar-refractivity contribution >= 4 is 47.1 Å². The Balaban J connectivity index is 1.42. The van der Waals surface area contributed by atoms with Crippen molar-refractivity contribution in [1.29, 1.82) is 0 Å². The molecule has 2 saturated heterocycles. The molecule has 0 spiro atoms. The molecule has 0 bridgehead atoms. The summed E-state index contributed by atoms with van der Waals surface area (Å²) < 4.78 is 6.79. The molecule has 50 heavy (non-hydrogen) atoms. The van der Waals surface area contributed by atoms with E-state index in [0.29, 0.717) is 24.3 Å². The molecule has 1 aromatic carbocycles. The first kappa shape index (κ1) is 36.0. The number of hydrogen-bond acceptors (Lipinski definition) is 9. The van der Waals surface area contributed by atoms with E-state index in [0.717, 1.165) is 0 Å². The molecule has 4 heterocycles. The van der Waals surface area contributed by atoms with Gasteiger partial charge in [0.15, 0.2) is 5.69 Å². The van der Waals surface area contributed by atoms with Crippen molar-refractivity contribution in [2.75, 3.05) is 13.1 Å². The molecule has 5 amide bonds. The molecule has 0 radical (unpaired) electrons. The number of carboxylic acids is 1. The van der Waals surface area contributed by atoms with E-state index in [9.17, 15) is 33.9 Å². The first-order valence-corrected chi connectivity index (χ1v) is 16.8. The number of hydrogen-bond donors (Lipinski definition) is 5. The van der Waals surface area contributed by atoms with Crippen LogP contribution in [0, 0.1) is 0 Å². The molecule has 2 aliphatic rings. The number of carboxylic acid groups (broad SMARTS) is 1. The van der Waals surface area contributed by atoms with E-state index in [2.05, 4.69) is 31.5 Å². The Morgan fingerprint density at radius 2 is 1.88 bits per heavy atom. The number of aliphatic carboxylic acids is 1. The Morgan fingerprint density at radius 1 is 1.08 bits per heavy atom. The highest BCUT2D eigenvalue weighted by molar-refractivity contribution is 6.34. The van der Waals surface area contributed by atoms with Crippen molar-refractivity contribution in [1.82, 2.24) is 41.1 Å². The van der Waals surface area contributed by atoms with Gasteiger partial charge in [0.25, 0.3) is 11.8 Å². The molecule has 5 N–H and O–H groups in total. The number of halogens is 1. The fourth-order valence-electron chi connectivity index (χ4n) is 5.90. The van der Waals surface area contributed by atoms with Crippen LogP contribution in [0.4, 0.5) is 0 Å². The van der Waals surface area contributed by atoms with Gasteiger partial charge in [0.1, 0.15) is 23.9 Å². The van der Waals surface area contributed by atoms with Crippen molar-refractivity contribution in [2.24, 2.45) is 0 Å². The zero-order chi connectivity index (χ0) is 35.9. The Labute approximate surface area is 292 Å². The minimum absolute atomic E-state index is 0.0135. The molecule has 2 fully saturated rings. The molecule has 16 nitrogen and oxygen atoms in total. The number of fused-ring (bicyclic) bond motifs is 1. The first-order chi connectivity index (χ1) is 23.9. The van der Waals surface area contributed by atoms with Gasteiger partial charge in [-0.15, -0.1) is 0 Å². The van der Waals surface area contributed by atoms with E-state index >= 15 is 0 Å². The van der Waals surface area contributed by atoms with Crippen LogP contribution < -0.4 is 21.3 Å². The second-order valence-corrected chi connectivity index (χ2v) is 13.0. The predicted octanol–water partition coefficient (Wildman–Crippen LogP) is 1.78. The van der Waals surface area contributed by atoms with Crippen LogP contribution in [0.25, 0.3) is 5.69 Å². The molecule has 3 aromatic rings. The lowest BCUT2D eigenvalue weighted by molar-refractivity contribution is -0.144. The third kappa shape index (κ3) is 8.66. The van der Waals surface area contributed by atoms with Crippen molar-refractivity contribution in [3.8, 4) is 5.69 Å². The van der Waals surface area contributed by atoms with E-state index in [1.165, 1.54) is 17.0 Å². The number of amides is 5. The number of aromatic nitrogens is 3. The van der Waals surface area contributed by atoms with Crippen LogP contribution in [-0.2, 0) is 19.2 Å². The van der Waals surface area contributed by atoms with Crippen LogP contribution in [0.2, 0.25) is 5.02 Å². The monoisotopic (exact) mass is 710 g/mol. The molecule has 0 unspecified atom stereocenters. The average Bonchev–Trinajstić information content (AvgIpc) is 3.87. The molecular formula is C33H39ClN8O8. The summed E-state index contributed by atoms with van der Waals surface area (Å²) in [6.07, 6.45) is 3.92. The third-order valence-corrected chi connectivity index (χ3v) is 8.97. The van der Waals surface area contributed by atoms with E-state index < -0.39 is 53.8 Å². The van der Waals surface area contributed by atoms with Crippen molar-refractivity contribution < 1.29 is 38.4 Å². The summed E-state index contributed by atoms with van der Waals surface area (Å²) in [6.45, 7) is 3.91. The number of benzene rings is 1. The summed E-state index contributed by atoms with van der Waals surface area (Å²) in [4.78, 5) is 80.5. The second-order valence-electron chi connectivity index (χ2n) is 12.6. The van der Waals surface area contributed by atoms with Gasteiger partial charge >= 0.3 is 5.97 Å². The lowest BCUT2D eigenvalue weighted by Crippen LogP contribution is -2.55. The Bertz CT molecular complexity index is 1740. The Morgan fingerprint density at radius 3 is 2.58 bits per heavy atom. The fourth-order valence-corrected chi connectivity index (χ4v) is 6.10.